The van der Waals surface area contributed by atoms with Crippen LogP contribution in [-0.4, -0.2) is 37.9 Å². The second kappa shape index (κ2) is 55.2. The Morgan fingerprint density at radius 2 is 0.656 bits per heavy atom. The molecular formula is C59H108O5. The number of esters is 2. The molecule has 374 valence electrons. The normalized spacial score (nSPS) is 12.5. The van der Waals surface area contributed by atoms with Crippen LogP contribution in [0.5, 0.6) is 0 Å². The maximum atomic E-state index is 12.8. The molecule has 0 spiro atoms. The van der Waals surface area contributed by atoms with Crippen LogP contribution in [0.1, 0.15) is 290 Å². The molecule has 5 heteroatoms. The molecule has 0 rings (SSSR count). The first-order valence-corrected chi connectivity index (χ1v) is 28.2. The summed E-state index contributed by atoms with van der Waals surface area (Å²) in [5.41, 5.74) is 0. The largest absolute Gasteiger partial charge is 0.462 e. The molecule has 0 fully saturated rings. The lowest BCUT2D eigenvalue weighted by molar-refractivity contribution is -0.163. The quantitative estimate of drug-likeness (QED) is 0.0346. The summed E-state index contributed by atoms with van der Waals surface area (Å²) < 4.78 is 17.5. The third kappa shape index (κ3) is 52.5. The van der Waals surface area contributed by atoms with E-state index in [-0.39, 0.29) is 25.2 Å². The first kappa shape index (κ1) is 61.9. The third-order valence-corrected chi connectivity index (χ3v) is 12.3. The van der Waals surface area contributed by atoms with Gasteiger partial charge in [-0.15, -0.1) is 0 Å². The Balaban J connectivity index is 4.28. The van der Waals surface area contributed by atoms with Crippen molar-refractivity contribution in [1.82, 2.24) is 0 Å². The number of ether oxygens (including phenoxy) is 3. The SMILES string of the molecule is CCCCC/C=C\C/C=C\CCCCCCCCCC(=O)O[C@H](COCCCCCCCCCCCCCCCCCC)COC(=O)CCCCCCC/C=C\C/C=C\CCCCC. The van der Waals surface area contributed by atoms with Gasteiger partial charge in [0.1, 0.15) is 6.61 Å². The van der Waals surface area contributed by atoms with Gasteiger partial charge in [-0.05, 0) is 83.5 Å². The van der Waals surface area contributed by atoms with Crippen LogP contribution < -0.4 is 0 Å². The van der Waals surface area contributed by atoms with Gasteiger partial charge in [0.15, 0.2) is 6.10 Å². The second-order valence-electron chi connectivity index (χ2n) is 18.8. The summed E-state index contributed by atoms with van der Waals surface area (Å²) in [5, 5.41) is 0. The van der Waals surface area contributed by atoms with Crippen LogP contribution in [0.4, 0.5) is 0 Å². The van der Waals surface area contributed by atoms with E-state index in [4.69, 9.17) is 14.2 Å². The number of unbranched alkanes of at least 4 members (excludes halogenated alkanes) is 33. The molecule has 0 unspecified atom stereocenters. The summed E-state index contributed by atoms with van der Waals surface area (Å²) in [4.78, 5) is 25.5. The Morgan fingerprint density at radius 1 is 0.344 bits per heavy atom. The molecule has 0 saturated heterocycles. The summed E-state index contributed by atoms with van der Waals surface area (Å²) in [5.74, 6) is -0.408. The number of hydrogen-bond donors (Lipinski definition) is 0. The minimum atomic E-state index is -0.544. The van der Waals surface area contributed by atoms with E-state index in [1.54, 1.807) is 0 Å². The lowest BCUT2D eigenvalue weighted by atomic mass is 10.0. The van der Waals surface area contributed by atoms with E-state index in [0.29, 0.717) is 19.4 Å². The van der Waals surface area contributed by atoms with E-state index >= 15 is 0 Å². The molecule has 0 aliphatic rings. The summed E-state index contributed by atoms with van der Waals surface area (Å²) >= 11 is 0. The molecule has 0 aromatic heterocycles. The monoisotopic (exact) mass is 897 g/mol. The number of hydrogen-bond acceptors (Lipinski definition) is 5. The van der Waals surface area contributed by atoms with Gasteiger partial charge in [0, 0.05) is 19.4 Å². The molecule has 0 heterocycles. The van der Waals surface area contributed by atoms with Crippen LogP contribution in [-0.2, 0) is 23.8 Å². The average Bonchev–Trinajstić information content (AvgIpc) is 3.30. The van der Waals surface area contributed by atoms with Crippen LogP contribution in [0.15, 0.2) is 48.6 Å². The number of allylic oxidation sites excluding steroid dienone is 8. The molecule has 0 aromatic carbocycles. The smallest absolute Gasteiger partial charge is 0.306 e. The molecule has 0 aromatic rings. The molecule has 0 radical (unpaired) electrons. The maximum Gasteiger partial charge on any atom is 0.306 e. The van der Waals surface area contributed by atoms with Crippen molar-refractivity contribution in [2.24, 2.45) is 0 Å². The van der Waals surface area contributed by atoms with E-state index in [9.17, 15) is 9.59 Å². The van der Waals surface area contributed by atoms with Crippen molar-refractivity contribution in [3.05, 3.63) is 48.6 Å². The highest BCUT2D eigenvalue weighted by molar-refractivity contribution is 5.70. The summed E-state index contributed by atoms with van der Waals surface area (Å²) in [6, 6.07) is 0. The molecule has 0 aliphatic carbocycles. The number of carbonyl (C=O) groups is 2. The Labute approximate surface area is 399 Å². The molecule has 0 N–H and O–H groups in total. The van der Waals surface area contributed by atoms with Crippen molar-refractivity contribution in [2.75, 3.05) is 19.8 Å². The van der Waals surface area contributed by atoms with Gasteiger partial charge in [0.2, 0.25) is 0 Å². The van der Waals surface area contributed by atoms with Crippen molar-refractivity contribution in [3.63, 3.8) is 0 Å². The van der Waals surface area contributed by atoms with E-state index in [0.717, 1.165) is 64.2 Å². The first-order chi connectivity index (χ1) is 31.6. The Bertz CT molecular complexity index is 1060. The zero-order valence-corrected chi connectivity index (χ0v) is 43.1. The fourth-order valence-electron chi connectivity index (χ4n) is 8.10. The Morgan fingerprint density at radius 3 is 1.06 bits per heavy atom. The average molecular weight is 898 g/mol. The molecule has 0 bridgehead atoms. The van der Waals surface area contributed by atoms with Gasteiger partial charge in [-0.1, -0.05) is 243 Å². The Kier molecular flexibility index (Phi) is 53.3. The van der Waals surface area contributed by atoms with Crippen LogP contribution in [0, 0.1) is 0 Å². The number of carbonyl (C=O) groups excluding carboxylic acids is 2. The van der Waals surface area contributed by atoms with Crippen LogP contribution in [0.25, 0.3) is 0 Å². The van der Waals surface area contributed by atoms with Crippen molar-refractivity contribution >= 4 is 11.9 Å². The van der Waals surface area contributed by atoms with Crippen molar-refractivity contribution in [2.45, 2.75) is 297 Å². The highest BCUT2D eigenvalue weighted by Gasteiger charge is 2.17. The van der Waals surface area contributed by atoms with Crippen LogP contribution in [0.3, 0.4) is 0 Å². The van der Waals surface area contributed by atoms with E-state index < -0.39 is 6.10 Å². The Hall–Kier alpha value is -2.14. The van der Waals surface area contributed by atoms with Gasteiger partial charge >= 0.3 is 11.9 Å². The maximum absolute atomic E-state index is 12.8. The highest BCUT2D eigenvalue weighted by atomic mass is 16.6. The zero-order valence-electron chi connectivity index (χ0n) is 43.1. The van der Waals surface area contributed by atoms with Gasteiger partial charge in [0.25, 0.3) is 0 Å². The van der Waals surface area contributed by atoms with Crippen molar-refractivity contribution in [1.29, 1.82) is 0 Å². The zero-order chi connectivity index (χ0) is 46.3. The number of rotatable bonds is 52. The highest BCUT2D eigenvalue weighted by Crippen LogP contribution is 2.16. The molecule has 64 heavy (non-hydrogen) atoms. The summed E-state index contributed by atoms with van der Waals surface area (Å²) in [7, 11) is 0. The van der Waals surface area contributed by atoms with Gasteiger partial charge in [-0.3, -0.25) is 9.59 Å². The van der Waals surface area contributed by atoms with Gasteiger partial charge < -0.3 is 14.2 Å². The van der Waals surface area contributed by atoms with Gasteiger partial charge in [-0.25, -0.2) is 0 Å². The molecule has 1 atom stereocenters. The first-order valence-electron chi connectivity index (χ1n) is 28.2. The standard InChI is InChI=1S/C59H108O5/c1-4-7-10-13-16-19-22-25-28-30-32-35-38-41-44-47-50-53-59(61)64-57(55-62-54-51-48-45-42-39-36-33-29-26-23-20-17-14-11-8-5-2)56-63-58(60)52-49-46-43-40-37-34-31-27-24-21-18-15-12-9-6-3/h16,18-19,21,25,27-28,31,57H,4-15,17,20,22-24,26,29-30,32-56H2,1-3H3/b19-16-,21-18-,28-25-,31-27-/t57-/m1/s1. The summed E-state index contributed by atoms with van der Waals surface area (Å²) in [6.45, 7) is 7.80. The van der Waals surface area contributed by atoms with Crippen LogP contribution >= 0.6 is 0 Å². The molecule has 0 saturated carbocycles. The second-order valence-corrected chi connectivity index (χ2v) is 18.8. The molecule has 5 nitrogen and oxygen atoms in total. The predicted molar refractivity (Wildman–Crippen MR) is 279 cm³/mol. The van der Waals surface area contributed by atoms with Crippen molar-refractivity contribution < 1.29 is 23.8 Å². The van der Waals surface area contributed by atoms with Gasteiger partial charge in [-0.2, -0.15) is 0 Å². The summed E-state index contributed by atoms with van der Waals surface area (Å²) in [6.07, 6.45) is 68.3. The van der Waals surface area contributed by atoms with E-state index in [2.05, 4.69) is 69.4 Å². The fraction of sp³-hybridized carbons (Fsp3) is 0.831. The molecular weight excluding hydrogens is 789 g/mol. The molecule has 0 amide bonds. The minimum absolute atomic E-state index is 0.0781. The lowest BCUT2D eigenvalue weighted by Gasteiger charge is -2.18. The minimum Gasteiger partial charge on any atom is -0.462 e. The van der Waals surface area contributed by atoms with Crippen molar-refractivity contribution in [3.8, 4) is 0 Å². The van der Waals surface area contributed by atoms with E-state index in [1.165, 1.54) is 193 Å². The fourth-order valence-corrected chi connectivity index (χ4v) is 8.10. The topological polar surface area (TPSA) is 61.8 Å². The lowest BCUT2D eigenvalue weighted by Crippen LogP contribution is -2.30. The third-order valence-electron chi connectivity index (χ3n) is 12.3. The van der Waals surface area contributed by atoms with Gasteiger partial charge in [0.05, 0.1) is 6.61 Å². The van der Waals surface area contributed by atoms with E-state index in [1.807, 2.05) is 0 Å². The predicted octanol–water partition coefficient (Wildman–Crippen LogP) is 19.1. The molecule has 0 aliphatic heterocycles. The van der Waals surface area contributed by atoms with Crippen LogP contribution in [0.2, 0.25) is 0 Å².